The first-order valence-electron chi connectivity index (χ1n) is 6.31. The summed E-state index contributed by atoms with van der Waals surface area (Å²) in [5.41, 5.74) is 9.08. The predicted molar refractivity (Wildman–Crippen MR) is 83.8 cm³/mol. The maximum atomic E-state index is 9.23. The van der Waals surface area contributed by atoms with Crippen molar-refractivity contribution in [3.05, 3.63) is 58.6 Å². The van der Waals surface area contributed by atoms with Crippen LogP contribution >= 0.6 is 11.6 Å². The van der Waals surface area contributed by atoms with Gasteiger partial charge in [-0.1, -0.05) is 23.7 Å². The summed E-state index contributed by atoms with van der Waals surface area (Å²) in [6.07, 6.45) is 0. The molecule has 20 heavy (non-hydrogen) atoms. The van der Waals surface area contributed by atoms with Crippen LogP contribution in [0.2, 0.25) is 5.02 Å². The van der Waals surface area contributed by atoms with Crippen LogP contribution in [0.25, 0.3) is 0 Å². The first-order valence-corrected chi connectivity index (χ1v) is 6.68. The summed E-state index contributed by atoms with van der Waals surface area (Å²) in [5, 5.41) is 9.80. The average molecular weight is 286 g/mol. The Morgan fingerprint density at radius 2 is 2.00 bits per heavy atom. The van der Waals surface area contributed by atoms with Crippen molar-refractivity contribution in [2.24, 2.45) is 0 Å². The van der Waals surface area contributed by atoms with Crippen molar-refractivity contribution in [2.75, 3.05) is 17.7 Å². The Morgan fingerprint density at radius 3 is 2.65 bits per heavy atom. The van der Waals surface area contributed by atoms with Gasteiger partial charge in [0.15, 0.2) is 0 Å². The molecule has 3 nitrogen and oxygen atoms in total. The van der Waals surface area contributed by atoms with Gasteiger partial charge in [-0.2, -0.15) is 5.26 Å². The van der Waals surface area contributed by atoms with Crippen LogP contribution in [0.15, 0.2) is 42.5 Å². The minimum atomic E-state index is 0.103. The number of benzene rings is 2. The Balaban J connectivity index is 2.36. The summed E-state index contributed by atoms with van der Waals surface area (Å²) >= 11 is 5.93. The zero-order valence-corrected chi connectivity index (χ0v) is 12.2. The largest absolute Gasteiger partial charge is 0.399 e. The van der Waals surface area contributed by atoms with Gasteiger partial charge in [0.1, 0.15) is 6.07 Å². The maximum Gasteiger partial charge on any atom is 0.101 e. The monoisotopic (exact) mass is 285 g/mol. The van der Waals surface area contributed by atoms with Crippen molar-refractivity contribution in [3.63, 3.8) is 0 Å². The van der Waals surface area contributed by atoms with Gasteiger partial charge >= 0.3 is 0 Å². The molecular weight excluding hydrogens is 270 g/mol. The molecule has 0 amide bonds. The summed E-state index contributed by atoms with van der Waals surface area (Å²) in [7, 11) is 1.96. The van der Waals surface area contributed by atoms with Crippen LogP contribution < -0.4 is 10.6 Å². The average Bonchev–Trinajstić information content (AvgIpc) is 2.45. The highest BCUT2D eigenvalue weighted by Crippen LogP contribution is 2.30. The number of hydrogen-bond donors (Lipinski definition) is 1. The van der Waals surface area contributed by atoms with Gasteiger partial charge in [0.25, 0.3) is 0 Å². The van der Waals surface area contributed by atoms with Crippen molar-refractivity contribution in [3.8, 4) is 6.07 Å². The molecule has 2 aromatic carbocycles. The van der Waals surface area contributed by atoms with E-state index in [1.165, 1.54) is 0 Å². The van der Waals surface area contributed by atoms with Crippen molar-refractivity contribution >= 4 is 23.0 Å². The van der Waals surface area contributed by atoms with Crippen LogP contribution in [-0.4, -0.2) is 7.05 Å². The zero-order chi connectivity index (χ0) is 14.7. The second-order valence-corrected chi connectivity index (χ2v) is 5.17. The van der Waals surface area contributed by atoms with Crippen molar-refractivity contribution in [2.45, 2.75) is 13.0 Å². The fourth-order valence-corrected chi connectivity index (χ4v) is 2.33. The number of rotatable bonds is 3. The lowest BCUT2D eigenvalue weighted by atomic mass is 10.0. The third-order valence-electron chi connectivity index (χ3n) is 3.43. The molecule has 0 spiro atoms. The van der Waals surface area contributed by atoms with E-state index in [-0.39, 0.29) is 6.04 Å². The topological polar surface area (TPSA) is 53.0 Å². The Kier molecular flexibility index (Phi) is 4.16. The fourth-order valence-electron chi connectivity index (χ4n) is 2.16. The predicted octanol–water partition coefficient (Wildman–Crippen LogP) is 3.99. The number of nitriles is 1. The highest BCUT2D eigenvalue weighted by molar-refractivity contribution is 6.30. The standard InChI is InChI=1S/C16H16ClN3/c1-11(12-4-3-5-15(19)9-12)20(2)16-7-6-14(17)8-13(16)10-18/h3-9,11H,19H2,1-2H3. The molecule has 0 heterocycles. The SMILES string of the molecule is CC(c1cccc(N)c1)N(C)c1ccc(Cl)cc1C#N. The second kappa shape index (κ2) is 5.85. The quantitative estimate of drug-likeness (QED) is 0.868. The maximum absolute atomic E-state index is 9.23. The van der Waals surface area contributed by atoms with E-state index in [9.17, 15) is 5.26 Å². The molecule has 0 aliphatic carbocycles. The lowest BCUT2D eigenvalue weighted by Crippen LogP contribution is -2.22. The third kappa shape index (κ3) is 2.87. The van der Waals surface area contributed by atoms with E-state index in [1.54, 1.807) is 12.1 Å². The minimum absolute atomic E-state index is 0.103. The van der Waals surface area contributed by atoms with Crippen LogP contribution in [0, 0.1) is 11.3 Å². The highest BCUT2D eigenvalue weighted by atomic mass is 35.5. The smallest absolute Gasteiger partial charge is 0.101 e. The lowest BCUT2D eigenvalue weighted by molar-refractivity contribution is 0.739. The Labute approximate surface area is 124 Å². The van der Waals surface area contributed by atoms with Crippen LogP contribution in [0.4, 0.5) is 11.4 Å². The molecule has 0 fully saturated rings. The van der Waals surface area contributed by atoms with Gasteiger partial charge in [-0.15, -0.1) is 0 Å². The number of nitrogens with zero attached hydrogens (tertiary/aromatic N) is 2. The summed E-state index contributed by atoms with van der Waals surface area (Å²) in [6, 6.07) is 15.4. The molecule has 2 aromatic rings. The lowest BCUT2D eigenvalue weighted by Gasteiger charge is -2.28. The van der Waals surface area contributed by atoms with E-state index < -0.39 is 0 Å². The molecule has 1 atom stereocenters. The van der Waals surface area contributed by atoms with E-state index in [0.717, 1.165) is 16.9 Å². The molecule has 4 heteroatoms. The van der Waals surface area contributed by atoms with E-state index >= 15 is 0 Å². The van der Waals surface area contributed by atoms with E-state index in [2.05, 4.69) is 13.0 Å². The molecular formula is C16H16ClN3. The molecule has 0 bridgehead atoms. The minimum Gasteiger partial charge on any atom is -0.399 e. The molecule has 1 unspecified atom stereocenters. The summed E-state index contributed by atoms with van der Waals surface area (Å²) in [5.74, 6) is 0. The summed E-state index contributed by atoms with van der Waals surface area (Å²) < 4.78 is 0. The molecule has 102 valence electrons. The molecule has 0 saturated carbocycles. The number of nitrogens with two attached hydrogens (primary N) is 1. The van der Waals surface area contributed by atoms with Crippen molar-refractivity contribution in [1.29, 1.82) is 5.26 Å². The van der Waals surface area contributed by atoms with Crippen LogP contribution in [0.3, 0.4) is 0 Å². The van der Waals surface area contributed by atoms with Crippen molar-refractivity contribution in [1.82, 2.24) is 0 Å². The second-order valence-electron chi connectivity index (χ2n) is 4.73. The van der Waals surface area contributed by atoms with Crippen LogP contribution in [0.1, 0.15) is 24.1 Å². The Bertz CT molecular complexity index is 661. The van der Waals surface area contributed by atoms with Gasteiger partial charge in [-0.3, -0.25) is 0 Å². The number of nitrogen functional groups attached to an aromatic ring is 1. The summed E-state index contributed by atoms with van der Waals surface area (Å²) in [4.78, 5) is 2.05. The molecule has 0 radical (unpaired) electrons. The first-order chi connectivity index (χ1) is 9.52. The van der Waals surface area contributed by atoms with E-state index in [4.69, 9.17) is 17.3 Å². The van der Waals surface area contributed by atoms with Crippen molar-refractivity contribution < 1.29 is 0 Å². The van der Waals surface area contributed by atoms with Crippen LogP contribution in [0.5, 0.6) is 0 Å². The fraction of sp³-hybridized carbons (Fsp3) is 0.188. The first kappa shape index (κ1) is 14.2. The van der Waals surface area contributed by atoms with E-state index in [0.29, 0.717) is 10.6 Å². The van der Waals surface area contributed by atoms with Gasteiger partial charge in [-0.25, -0.2) is 0 Å². The van der Waals surface area contributed by atoms with Gasteiger partial charge < -0.3 is 10.6 Å². The van der Waals surface area contributed by atoms with Gasteiger partial charge in [0.05, 0.1) is 17.3 Å². The molecule has 2 N–H and O–H groups in total. The number of hydrogen-bond acceptors (Lipinski definition) is 3. The highest BCUT2D eigenvalue weighted by Gasteiger charge is 2.15. The van der Waals surface area contributed by atoms with Gasteiger partial charge in [-0.05, 0) is 42.8 Å². The number of anilines is 2. The Hall–Kier alpha value is -2.18. The molecule has 0 aliphatic heterocycles. The molecule has 0 aromatic heterocycles. The molecule has 2 rings (SSSR count). The van der Waals surface area contributed by atoms with Crippen LogP contribution in [-0.2, 0) is 0 Å². The Morgan fingerprint density at radius 1 is 1.25 bits per heavy atom. The number of halogens is 1. The summed E-state index contributed by atoms with van der Waals surface area (Å²) in [6.45, 7) is 2.07. The normalized spacial score (nSPS) is 11.7. The van der Waals surface area contributed by atoms with Gasteiger partial charge in [0, 0.05) is 17.8 Å². The van der Waals surface area contributed by atoms with Gasteiger partial charge in [0.2, 0.25) is 0 Å². The molecule has 0 saturated heterocycles. The van der Waals surface area contributed by atoms with E-state index in [1.807, 2.05) is 42.3 Å². The molecule has 0 aliphatic rings. The zero-order valence-electron chi connectivity index (χ0n) is 11.5. The third-order valence-corrected chi connectivity index (χ3v) is 3.67.